The third-order valence-corrected chi connectivity index (χ3v) is 7.56. The van der Waals surface area contributed by atoms with Crippen LogP contribution in [0.5, 0.6) is 0 Å². The molecule has 0 saturated carbocycles. The summed E-state index contributed by atoms with van der Waals surface area (Å²) in [5.74, 6) is 0.772. The minimum absolute atomic E-state index is 0.115. The van der Waals surface area contributed by atoms with Gasteiger partial charge in [-0.05, 0) is 65.6 Å². The number of nitrogens with one attached hydrogen (secondary N) is 2. The Balaban J connectivity index is 1.16. The van der Waals surface area contributed by atoms with Crippen molar-refractivity contribution < 1.29 is 14.3 Å². The lowest BCUT2D eigenvalue weighted by molar-refractivity contribution is -0.124. The Morgan fingerprint density at radius 1 is 0.882 bits per heavy atom. The van der Waals surface area contributed by atoms with E-state index in [1.165, 1.54) is 22.3 Å². The number of amides is 2. The fourth-order valence-electron chi connectivity index (χ4n) is 6.03. The summed E-state index contributed by atoms with van der Waals surface area (Å²) in [7, 11) is 0. The molecule has 0 aromatic heterocycles. The number of fused-ring (bicyclic) bond motifs is 1. The number of carbonyl (C=O) groups is 2. The van der Waals surface area contributed by atoms with E-state index in [4.69, 9.17) is 4.74 Å². The smallest absolute Gasteiger partial charge is 0.253 e. The lowest BCUT2D eigenvalue weighted by Crippen LogP contribution is -2.39. The molecule has 172 valence electrons. The van der Waals surface area contributed by atoms with Crippen LogP contribution in [-0.4, -0.2) is 31.1 Å². The SMILES string of the molecule is O=C(NCC1CC2c3ccccc3C1c1ccccc12)c1cccc(NC(=O)C2CCCO2)c1. The summed E-state index contributed by atoms with van der Waals surface area (Å²) in [6.45, 7) is 1.24. The molecule has 1 heterocycles. The Hall–Kier alpha value is -3.44. The lowest BCUT2D eigenvalue weighted by atomic mass is 9.59. The molecule has 7 rings (SSSR count). The molecule has 1 fully saturated rings. The minimum atomic E-state index is -0.398. The number of anilines is 1. The zero-order chi connectivity index (χ0) is 23.1. The van der Waals surface area contributed by atoms with Gasteiger partial charge in [-0.2, -0.15) is 0 Å². The van der Waals surface area contributed by atoms with Crippen molar-refractivity contribution in [2.24, 2.45) is 5.92 Å². The van der Waals surface area contributed by atoms with E-state index in [9.17, 15) is 9.59 Å². The minimum Gasteiger partial charge on any atom is -0.368 e. The molecule has 0 radical (unpaired) electrons. The van der Waals surface area contributed by atoms with Gasteiger partial charge in [0.15, 0.2) is 0 Å². The Labute approximate surface area is 199 Å². The third kappa shape index (κ3) is 3.70. The van der Waals surface area contributed by atoms with Gasteiger partial charge in [0, 0.05) is 36.2 Å². The second-order valence-corrected chi connectivity index (χ2v) is 9.57. The zero-order valence-electron chi connectivity index (χ0n) is 19.0. The van der Waals surface area contributed by atoms with Gasteiger partial charge in [-0.1, -0.05) is 54.6 Å². The van der Waals surface area contributed by atoms with Gasteiger partial charge < -0.3 is 15.4 Å². The van der Waals surface area contributed by atoms with Gasteiger partial charge in [-0.3, -0.25) is 9.59 Å². The number of benzene rings is 3. The summed E-state index contributed by atoms with van der Waals surface area (Å²) in [6, 6.07) is 24.6. The highest BCUT2D eigenvalue weighted by Crippen LogP contribution is 2.55. The summed E-state index contributed by atoms with van der Waals surface area (Å²) in [5.41, 5.74) is 6.83. The lowest BCUT2D eigenvalue weighted by Gasteiger charge is -2.45. The summed E-state index contributed by atoms with van der Waals surface area (Å²) in [5, 5.41) is 6.06. The second-order valence-electron chi connectivity index (χ2n) is 9.57. The number of rotatable bonds is 5. The first-order chi connectivity index (χ1) is 16.7. The van der Waals surface area contributed by atoms with E-state index in [0.29, 0.717) is 42.2 Å². The summed E-state index contributed by atoms with van der Waals surface area (Å²) < 4.78 is 5.45. The van der Waals surface area contributed by atoms with E-state index in [1.807, 2.05) is 0 Å². The van der Waals surface area contributed by atoms with Crippen LogP contribution in [0.2, 0.25) is 0 Å². The molecule has 1 saturated heterocycles. The molecule has 4 aliphatic rings. The maximum absolute atomic E-state index is 13.0. The normalized spacial score (nSPS) is 24.2. The number of hydrogen-bond acceptors (Lipinski definition) is 3. The van der Waals surface area contributed by atoms with Crippen molar-refractivity contribution in [3.05, 3.63) is 101 Å². The molecule has 2 amide bonds. The molecular weight excluding hydrogens is 424 g/mol. The number of ether oxygens (including phenoxy) is 1. The monoisotopic (exact) mass is 452 g/mol. The first-order valence-corrected chi connectivity index (χ1v) is 12.2. The van der Waals surface area contributed by atoms with Gasteiger partial charge >= 0.3 is 0 Å². The van der Waals surface area contributed by atoms with E-state index in [-0.39, 0.29) is 11.8 Å². The van der Waals surface area contributed by atoms with Crippen LogP contribution in [0.15, 0.2) is 72.8 Å². The van der Waals surface area contributed by atoms with Crippen molar-refractivity contribution in [3.63, 3.8) is 0 Å². The van der Waals surface area contributed by atoms with E-state index in [1.54, 1.807) is 24.3 Å². The van der Waals surface area contributed by atoms with Gasteiger partial charge in [0.1, 0.15) is 6.10 Å². The highest BCUT2D eigenvalue weighted by Gasteiger charge is 2.42. The quantitative estimate of drug-likeness (QED) is 0.583. The van der Waals surface area contributed by atoms with Crippen LogP contribution >= 0.6 is 0 Å². The van der Waals surface area contributed by atoms with Gasteiger partial charge in [0.05, 0.1) is 0 Å². The first-order valence-electron chi connectivity index (χ1n) is 12.2. The predicted molar refractivity (Wildman–Crippen MR) is 131 cm³/mol. The van der Waals surface area contributed by atoms with Crippen LogP contribution in [0, 0.1) is 5.92 Å². The van der Waals surface area contributed by atoms with Crippen molar-refractivity contribution >= 4 is 17.5 Å². The average Bonchev–Trinajstić information content (AvgIpc) is 3.43. The maximum atomic E-state index is 13.0. The zero-order valence-corrected chi connectivity index (χ0v) is 19.0. The van der Waals surface area contributed by atoms with Crippen LogP contribution in [0.25, 0.3) is 0 Å². The second kappa shape index (κ2) is 8.73. The first kappa shape index (κ1) is 21.1. The topological polar surface area (TPSA) is 67.4 Å². The van der Waals surface area contributed by atoms with Crippen LogP contribution in [0.4, 0.5) is 5.69 Å². The molecule has 3 aromatic rings. The van der Waals surface area contributed by atoms with Gasteiger partial charge in [0.25, 0.3) is 11.8 Å². The Bertz CT molecular complexity index is 1200. The molecule has 5 nitrogen and oxygen atoms in total. The molecule has 0 spiro atoms. The van der Waals surface area contributed by atoms with Crippen molar-refractivity contribution in [2.75, 3.05) is 18.5 Å². The molecule has 2 unspecified atom stereocenters. The number of carbonyl (C=O) groups excluding carboxylic acids is 2. The van der Waals surface area contributed by atoms with Gasteiger partial charge in [-0.25, -0.2) is 0 Å². The molecule has 34 heavy (non-hydrogen) atoms. The van der Waals surface area contributed by atoms with Crippen molar-refractivity contribution in [1.29, 1.82) is 0 Å². The number of hydrogen-bond donors (Lipinski definition) is 2. The standard InChI is InChI=1S/C29H28N2O3/c32-28(18-7-5-8-20(15-18)31-29(33)26-13-6-14-34-26)30-17-19-16-25-21-9-1-3-11-23(21)27(19)24-12-4-2-10-22(24)25/h1-5,7-12,15,19,25-27H,6,13-14,16-17H2,(H,30,32)(H,31,33). The summed E-state index contributed by atoms with van der Waals surface area (Å²) in [6.07, 6.45) is 2.28. The van der Waals surface area contributed by atoms with Crippen LogP contribution in [-0.2, 0) is 9.53 Å². The molecule has 3 aliphatic carbocycles. The Morgan fingerprint density at radius 3 is 2.26 bits per heavy atom. The van der Waals surface area contributed by atoms with E-state index in [2.05, 4.69) is 59.2 Å². The van der Waals surface area contributed by atoms with E-state index in [0.717, 1.165) is 19.3 Å². The summed E-state index contributed by atoms with van der Waals surface area (Å²) >= 11 is 0. The van der Waals surface area contributed by atoms with Crippen LogP contribution < -0.4 is 10.6 Å². The van der Waals surface area contributed by atoms with Crippen molar-refractivity contribution in [2.45, 2.75) is 37.2 Å². The molecular formula is C29H28N2O3. The molecule has 2 atom stereocenters. The Morgan fingerprint density at radius 2 is 1.59 bits per heavy atom. The van der Waals surface area contributed by atoms with Gasteiger partial charge in [0.2, 0.25) is 0 Å². The van der Waals surface area contributed by atoms with E-state index >= 15 is 0 Å². The molecule has 1 aliphatic heterocycles. The highest BCUT2D eigenvalue weighted by atomic mass is 16.5. The van der Waals surface area contributed by atoms with Crippen molar-refractivity contribution in [3.8, 4) is 0 Å². The largest absolute Gasteiger partial charge is 0.368 e. The molecule has 3 aromatic carbocycles. The third-order valence-electron chi connectivity index (χ3n) is 7.56. The molecule has 2 N–H and O–H groups in total. The average molecular weight is 453 g/mol. The molecule has 2 bridgehead atoms. The van der Waals surface area contributed by atoms with Crippen LogP contribution in [0.1, 0.15) is 63.7 Å². The fraction of sp³-hybridized carbons (Fsp3) is 0.310. The van der Waals surface area contributed by atoms with Crippen molar-refractivity contribution in [1.82, 2.24) is 5.32 Å². The Kier molecular flexibility index (Phi) is 5.42. The van der Waals surface area contributed by atoms with Gasteiger partial charge in [-0.15, -0.1) is 0 Å². The molecule has 5 heteroatoms. The summed E-state index contributed by atoms with van der Waals surface area (Å²) in [4.78, 5) is 25.4. The highest BCUT2D eigenvalue weighted by molar-refractivity contribution is 5.98. The van der Waals surface area contributed by atoms with E-state index < -0.39 is 6.10 Å². The maximum Gasteiger partial charge on any atom is 0.253 e. The fourth-order valence-corrected chi connectivity index (χ4v) is 6.03. The predicted octanol–water partition coefficient (Wildman–Crippen LogP) is 4.83. The van der Waals surface area contributed by atoms with Crippen LogP contribution in [0.3, 0.4) is 0 Å².